The lowest BCUT2D eigenvalue weighted by Gasteiger charge is -2.35. The topological polar surface area (TPSA) is 60.0 Å². The second-order valence-electron chi connectivity index (χ2n) is 7.81. The van der Waals surface area contributed by atoms with E-state index in [1.54, 1.807) is 0 Å². The summed E-state index contributed by atoms with van der Waals surface area (Å²) in [4.78, 5) is 2.25. The fourth-order valence-corrected chi connectivity index (χ4v) is 4.65. The highest BCUT2D eigenvalue weighted by molar-refractivity contribution is 5.32. The van der Waals surface area contributed by atoms with E-state index < -0.39 is 12.0 Å². The van der Waals surface area contributed by atoms with E-state index in [0.717, 1.165) is 19.3 Å². The maximum Gasteiger partial charge on any atom is 0.451 e. The zero-order valence-electron chi connectivity index (χ0n) is 15.3. The van der Waals surface area contributed by atoms with Crippen molar-refractivity contribution in [3.8, 4) is 0 Å². The van der Waals surface area contributed by atoms with Gasteiger partial charge in [-0.05, 0) is 31.7 Å². The smallest absolute Gasteiger partial charge is 0.330 e. The van der Waals surface area contributed by atoms with Crippen LogP contribution in [0, 0.1) is 6.92 Å². The Morgan fingerprint density at radius 2 is 2.07 bits per heavy atom. The van der Waals surface area contributed by atoms with E-state index in [0.29, 0.717) is 31.5 Å². The molecule has 1 aliphatic carbocycles. The van der Waals surface area contributed by atoms with Crippen molar-refractivity contribution in [1.29, 1.82) is 0 Å². The van der Waals surface area contributed by atoms with Crippen LogP contribution in [0.4, 0.5) is 13.2 Å². The van der Waals surface area contributed by atoms with Crippen LogP contribution >= 0.6 is 0 Å². The largest absolute Gasteiger partial charge is 0.451 e. The molecule has 2 unspecified atom stereocenters. The van der Waals surface area contributed by atoms with Crippen LogP contribution in [-0.2, 0) is 24.7 Å². The number of hydrogen-bond donors (Lipinski definition) is 1. The van der Waals surface area contributed by atoms with Gasteiger partial charge in [0.15, 0.2) is 0 Å². The zero-order valence-corrected chi connectivity index (χ0v) is 15.3. The van der Waals surface area contributed by atoms with Crippen LogP contribution in [0.1, 0.15) is 42.0 Å². The van der Waals surface area contributed by atoms with Gasteiger partial charge in [0, 0.05) is 31.1 Å². The molecular formula is C19H24F3N5. The number of hydrogen-bond acceptors (Lipinski definition) is 4. The summed E-state index contributed by atoms with van der Waals surface area (Å²) >= 11 is 0. The number of fused-ring (bicyclic) bond motifs is 1. The zero-order chi connectivity index (χ0) is 19.2. The van der Waals surface area contributed by atoms with Gasteiger partial charge in [0.2, 0.25) is 5.82 Å². The van der Waals surface area contributed by atoms with Crippen molar-refractivity contribution in [2.24, 2.45) is 5.73 Å². The molecule has 2 heterocycles. The Morgan fingerprint density at radius 1 is 1.26 bits per heavy atom. The van der Waals surface area contributed by atoms with Gasteiger partial charge in [-0.15, -0.1) is 10.2 Å². The van der Waals surface area contributed by atoms with Gasteiger partial charge in [0.25, 0.3) is 0 Å². The van der Waals surface area contributed by atoms with Crippen LogP contribution in [-0.4, -0.2) is 38.8 Å². The van der Waals surface area contributed by atoms with Crippen molar-refractivity contribution in [3.63, 3.8) is 0 Å². The molecule has 2 aliphatic rings. The monoisotopic (exact) mass is 379 g/mol. The number of nitrogens with zero attached hydrogens (tertiary/aromatic N) is 4. The summed E-state index contributed by atoms with van der Waals surface area (Å²) in [5.41, 5.74) is 8.63. The van der Waals surface area contributed by atoms with E-state index in [2.05, 4.69) is 46.3 Å². The second-order valence-corrected chi connectivity index (χ2v) is 7.81. The third-order valence-corrected chi connectivity index (χ3v) is 6.16. The quantitative estimate of drug-likeness (QED) is 0.891. The number of aryl methyl sites for hydroxylation is 1. The molecule has 1 aromatic carbocycles. The Hall–Kier alpha value is -1.93. The van der Waals surface area contributed by atoms with E-state index >= 15 is 0 Å². The van der Waals surface area contributed by atoms with Crippen molar-refractivity contribution < 1.29 is 13.2 Å². The van der Waals surface area contributed by atoms with Crippen molar-refractivity contribution in [2.75, 3.05) is 13.1 Å². The average Bonchev–Trinajstić information content (AvgIpc) is 3.26. The number of alkyl halides is 3. The van der Waals surface area contributed by atoms with Gasteiger partial charge in [-0.3, -0.25) is 4.90 Å². The normalized spacial score (nSPS) is 26.3. The molecule has 146 valence electrons. The lowest BCUT2D eigenvalue weighted by atomic mass is 9.78. The van der Waals surface area contributed by atoms with Crippen molar-refractivity contribution >= 4 is 0 Å². The summed E-state index contributed by atoms with van der Waals surface area (Å²) in [6.45, 7) is 3.91. The molecule has 2 aromatic rings. The van der Waals surface area contributed by atoms with Gasteiger partial charge in [-0.2, -0.15) is 13.2 Å². The molecule has 0 radical (unpaired) electrons. The summed E-state index contributed by atoms with van der Waals surface area (Å²) in [7, 11) is 0. The molecule has 0 saturated heterocycles. The van der Waals surface area contributed by atoms with Gasteiger partial charge in [-0.25, -0.2) is 0 Å². The molecule has 2 atom stereocenters. The number of benzene rings is 1. The number of aromatic nitrogens is 3. The maximum atomic E-state index is 13.0. The first-order valence-electron chi connectivity index (χ1n) is 9.33. The third-order valence-electron chi connectivity index (χ3n) is 6.16. The van der Waals surface area contributed by atoms with E-state index in [9.17, 15) is 13.2 Å². The fraction of sp³-hybridized carbons (Fsp3) is 0.579. The van der Waals surface area contributed by atoms with Crippen molar-refractivity contribution in [1.82, 2.24) is 19.7 Å². The van der Waals surface area contributed by atoms with Crippen molar-refractivity contribution in [3.05, 3.63) is 47.0 Å². The van der Waals surface area contributed by atoms with Crippen LogP contribution in [0.15, 0.2) is 24.3 Å². The van der Waals surface area contributed by atoms with Crippen molar-refractivity contribution in [2.45, 2.75) is 56.9 Å². The minimum absolute atomic E-state index is 0.0566. The van der Waals surface area contributed by atoms with E-state index in [-0.39, 0.29) is 12.0 Å². The molecule has 1 fully saturated rings. The van der Waals surface area contributed by atoms with Gasteiger partial charge in [-0.1, -0.05) is 29.8 Å². The van der Waals surface area contributed by atoms with Gasteiger partial charge in [0.1, 0.15) is 5.82 Å². The van der Waals surface area contributed by atoms with E-state index in [1.807, 2.05) is 0 Å². The van der Waals surface area contributed by atoms with Gasteiger partial charge >= 0.3 is 6.18 Å². The lowest BCUT2D eigenvalue weighted by molar-refractivity contribution is -0.148. The molecule has 27 heavy (non-hydrogen) atoms. The van der Waals surface area contributed by atoms with Crippen LogP contribution in [0.5, 0.6) is 0 Å². The highest BCUT2D eigenvalue weighted by atomic mass is 19.4. The SMILES string of the molecule is Cc1cccc(C2(CN)CCC(N3CCn4c(nnc4C(F)(F)F)C3)C2)c1. The molecule has 1 saturated carbocycles. The average molecular weight is 379 g/mol. The Kier molecular flexibility index (Phi) is 4.50. The van der Waals surface area contributed by atoms with E-state index in [4.69, 9.17) is 5.73 Å². The molecule has 1 aromatic heterocycles. The molecule has 0 bridgehead atoms. The molecule has 0 amide bonds. The highest BCUT2D eigenvalue weighted by Crippen LogP contribution is 2.43. The summed E-state index contributed by atoms with van der Waals surface area (Å²) in [6.07, 6.45) is -1.55. The first-order valence-corrected chi connectivity index (χ1v) is 9.33. The fourth-order valence-electron chi connectivity index (χ4n) is 4.65. The second kappa shape index (κ2) is 6.60. The van der Waals surface area contributed by atoms with Crippen LogP contribution in [0.3, 0.4) is 0 Å². The molecule has 8 heteroatoms. The van der Waals surface area contributed by atoms with Gasteiger partial charge < -0.3 is 10.3 Å². The Balaban J connectivity index is 1.52. The Labute approximate surface area is 156 Å². The molecule has 2 N–H and O–H groups in total. The highest BCUT2D eigenvalue weighted by Gasteiger charge is 2.44. The molecule has 5 nitrogen and oxygen atoms in total. The minimum Gasteiger partial charge on any atom is -0.330 e. The summed E-state index contributed by atoms with van der Waals surface area (Å²) in [5.74, 6) is -0.492. The van der Waals surface area contributed by atoms with E-state index in [1.165, 1.54) is 15.7 Å². The van der Waals surface area contributed by atoms with Gasteiger partial charge in [0.05, 0.1) is 6.54 Å². The number of halogens is 3. The van der Waals surface area contributed by atoms with Crippen LogP contribution < -0.4 is 5.73 Å². The summed E-state index contributed by atoms with van der Waals surface area (Å²) < 4.78 is 40.3. The molecule has 1 aliphatic heterocycles. The van der Waals surface area contributed by atoms with Crippen LogP contribution in [0.2, 0.25) is 0 Å². The first-order chi connectivity index (χ1) is 12.8. The third kappa shape index (κ3) is 3.25. The maximum absolute atomic E-state index is 13.0. The number of rotatable bonds is 3. The Bertz CT molecular complexity index is 831. The molecule has 0 spiro atoms. The standard InChI is InChI=1S/C19H24F3N5/c1-13-3-2-4-14(9-13)18(12-23)6-5-15(10-18)26-7-8-27-16(11-26)24-25-17(27)19(20,21)22/h2-4,9,15H,5-8,10-12,23H2,1H3. The molecular weight excluding hydrogens is 355 g/mol. The minimum atomic E-state index is -4.46. The predicted molar refractivity (Wildman–Crippen MR) is 95.0 cm³/mol. The first kappa shape index (κ1) is 18.4. The summed E-state index contributed by atoms with van der Waals surface area (Å²) in [5, 5.41) is 7.17. The molecule has 4 rings (SSSR count). The predicted octanol–water partition coefficient (Wildman–Crippen LogP) is 2.87. The summed E-state index contributed by atoms with van der Waals surface area (Å²) in [6, 6.07) is 8.80. The Morgan fingerprint density at radius 3 is 2.78 bits per heavy atom. The lowest BCUT2D eigenvalue weighted by Crippen LogP contribution is -2.42. The number of nitrogens with two attached hydrogens (primary N) is 1. The van der Waals surface area contributed by atoms with Crippen LogP contribution in [0.25, 0.3) is 0 Å².